The van der Waals surface area contributed by atoms with Crippen LogP contribution in [0.3, 0.4) is 0 Å². The van der Waals surface area contributed by atoms with E-state index >= 15 is 0 Å². The highest BCUT2D eigenvalue weighted by Crippen LogP contribution is 2.20. The fourth-order valence-electron chi connectivity index (χ4n) is 1.50. The van der Waals surface area contributed by atoms with Crippen molar-refractivity contribution in [1.29, 1.82) is 0 Å². The first-order chi connectivity index (χ1) is 7.40. The van der Waals surface area contributed by atoms with Crippen LogP contribution < -0.4 is 4.74 Å². The maximum Gasteiger partial charge on any atom is 0.123 e. The van der Waals surface area contributed by atoms with Crippen LogP contribution in [0, 0.1) is 6.07 Å². The summed E-state index contributed by atoms with van der Waals surface area (Å²) in [4.78, 5) is 3.99. The van der Waals surface area contributed by atoms with E-state index in [9.17, 15) is 0 Å². The molecule has 0 aliphatic carbocycles. The van der Waals surface area contributed by atoms with Gasteiger partial charge in [-0.25, -0.2) is 0 Å². The fraction of sp³-hybridized carbons (Fsp3) is 0.154. The van der Waals surface area contributed by atoms with Gasteiger partial charge in [-0.05, 0) is 35.4 Å². The lowest BCUT2D eigenvalue weighted by Gasteiger charge is -2.07. The van der Waals surface area contributed by atoms with Gasteiger partial charge in [-0.1, -0.05) is 12.1 Å². The monoisotopic (exact) mass is 198 g/mol. The van der Waals surface area contributed by atoms with Gasteiger partial charge >= 0.3 is 0 Å². The minimum absolute atomic E-state index is 0.861. The molecule has 1 heterocycles. The van der Waals surface area contributed by atoms with Gasteiger partial charge in [-0.15, -0.1) is 0 Å². The number of pyridine rings is 1. The van der Waals surface area contributed by atoms with Gasteiger partial charge in [-0.2, -0.15) is 0 Å². The van der Waals surface area contributed by atoms with E-state index in [0.717, 1.165) is 12.2 Å². The Morgan fingerprint density at radius 1 is 1.27 bits per heavy atom. The van der Waals surface area contributed by atoms with Gasteiger partial charge in [0.1, 0.15) is 5.75 Å². The molecule has 0 unspecified atom stereocenters. The lowest BCUT2D eigenvalue weighted by atomic mass is 10.1. The predicted molar refractivity (Wildman–Crippen MR) is 58.9 cm³/mol. The SMILES string of the molecule is COc1c[c]ccc1Cc1ccncc1. The Morgan fingerprint density at radius 2 is 2.07 bits per heavy atom. The molecule has 0 spiro atoms. The molecule has 0 saturated heterocycles. The van der Waals surface area contributed by atoms with Gasteiger partial charge in [0.15, 0.2) is 0 Å². The van der Waals surface area contributed by atoms with Crippen LogP contribution >= 0.6 is 0 Å². The number of hydrogen-bond acceptors (Lipinski definition) is 2. The first kappa shape index (κ1) is 9.71. The molecule has 0 saturated carbocycles. The second-order valence-electron chi connectivity index (χ2n) is 3.27. The van der Waals surface area contributed by atoms with E-state index in [1.165, 1.54) is 11.1 Å². The largest absolute Gasteiger partial charge is 0.496 e. The smallest absolute Gasteiger partial charge is 0.123 e. The van der Waals surface area contributed by atoms with Crippen molar-refractivity contribution in [3.63, 3.8) is 0 Å². The van der Waals surface area contributed by atoms with E-state index in [4.69, 9.17) is 4.74 Å². The summed E-state index contributed by atoms with van der Waals surface area (Å²) in [5.41, 5.74) is 2.40. The zero-order valence-corrected chi connectivity index (χ0v) is 8.60. The van der Waals surface area contributed by atoms with Crippen molar-refractivity contribution in [2.75, 3.05) is 7.11 Å². The highest BCUT2D eigenvalue weighted by atomic mass is 16.5. The lowest BCUT2D eigenvalue weighted by molar-refractivity contribution is 0.410. The number of aromatic nitrogens is 1. The van der Waals surface area contributed by atoms with Gasteiger partial charge in [-0.3, -0.25) is 4.98 Å². The molecule has 1 radical (unpaired) electrons. The number of hydrogen-bond donors (Lipinski definition) is 0. The molecule has 2 aromatic rings. The van der Waals surface area contributed by atoms with Crippen LogP contribution in [0.2, 0.25) is 0 Å². The summed E-state index contributed by atoms with van der Waals surface area (Å²) in [6.45, 7) is 0. The number of methoxy groups -OCH3 is 1. The van der Waals surface area contributed by atoms with Gasteiger partial charge < -0.3 is 4.74 Å². The fourth-order valence-corrected chi connectivity index (χ4v) is 1.50. The molecule has 75 valence electrons. The number of ether oxygens (including phenoxy) is 1. The molecule has 2 nitrogen and oxygen atoms in total. The van der Waals surface area contributed by atoms with E-state index in [0.29, 0.717) is 0 Å². The van der Waals surface area contributed by atoms with Crippen molar-refractivity contribution < 1.29 is 4.74 Å². The van der Waals surface area contributed by atoms with Crippen LogP contribution in [0.1, 0.15) is 11.1 Å². The molecule has 0 amide bonds. The van der Waals surface area contributed by atoms with Crippen molar-refractivity contribution in [2.45, 2.75) is 6.42 Å². The Bertz CT molecular complexity index is 426. The summed E-state index contributed by atoms with van der Waals surface area (Å²) in [6.07, 6.45) is 4.47. The number of benzene rings is 1. The topological polar surface area (TPSA) is 22.1 Å². The van der Waals surface area contributed by atoms with E-state index in [-0.39, 0.29) is 0 Å². The van der Waals surface area contributed by atoms with Crippen LogP contribution in [0.5, 0.6) is 5.75 Å². The third kappa shape index (κ3) is 2.34. The van der Waals surface area contributed by atoms with E-state index in [2.05, 4.69) is 11.1 Å². The molecule has 0 aliphatic rings. The first-order valence-corrected chi connectivity index (χ1v) is 4.82. The molecule has 2 rings (SSSR count). The minimum atomic E-state index is 0.861. The maximum atomic E-state index is 5.27. The molecule has 15 heavy (non-hydrogen) atoms. The highest BCUT2D eigenvalue weighted by molar-refractivity contribution is 5.36. The van der Waals surface area contributed by atoms with Gasteiger partial charge in [0, 0.05) is 18.8 Å². The molecule has 0 atom stereocenters. The number of nitrogens with zero attached hydrogens (tertiary/aromatic N) is 1. The van der Waals surface area contributed by atoms with Gasteiger partial charge in [0.2, 0.25) is 0 Å². The Morgan fingerprint density at radius 3 is 2.80 bits per heavy atom. The minimum Gasteiger partial charge on any atom is -0.496 e. The van der Waals surface area contributed by atoms with E-state index < -0.39 is 0 Å². The normalized spacial score (nSPS) is 9.93. The molecule has 0 bridgehead atoms. The Kier molecular flexibility index (Phi) is 2.98. The van der Waals surface area contributed by atoms with Crippen molar-refractivity contribution in [3.05, 3.63) is 59.9 Å². The van der Waals surface area contributed by atoms with Crippen molar-refractivity contribution in [3.8, 4) is 5.75 Å². The first-order valence-electron chi connectivity index (χ1n) is 4.82. The molecular formula is C13H12NO. The predicted octanol–water partition coefficient (Wildman–Crippen LogP) is 2.48. The molecule has 2 heteroatoms. The van der Waals surface area contributed by atoms with Crippen LogP contribution in [-0.4, -0.2) is 12.1 Å². The Balaban J connectivity index is 2.24. The summed E-state index contributed by atoms with van der Waals surface area (Å²) in [6, 6.07) is 12.8. The summed E-state index contributed by atoms with van der Waals surface area (Å²) < 4.78 is 5.27. The third-order valence-corrected chi connectivity index (χ3v) is 2.28. The van der Waals surface area contributed by atoms with Crippen molar-refractivity contribution >= 4 is 0 Å². The maximum absolute atomic E-state index is 5.27. The highest BCUT2D eigenvalue weighted by Gasteiger charge is 2.02. The average Bonchev–Trinajstić information content (AvgIpc) is 2.31. The Hall–Kier alpha value is -1.83. The standard InChI is InChI=1S/C13H12NO/c1-15-13-5-3-2-4-12(13)10-11-6-8-14-9-7-11/h2,4-9H,10H2,1H3. The lowest BCUT2D eigenvalue weighted by Crippen LogP contribution is -1.93. The van der Waals surface area contributed by atoms with Gasteiger partial charge in [0.05, 0.1) is 7.11 Å². The molecule has 0 fully saturated rings. The summed E-state index contributed by atoms with van der Waals surface area (Å²) in [5, 5.41) is 0. The average molecular weight is 198 g/mol. The van der Waals surface area contributed by atoms with Crippen LogP contribution in [-0.2, 0) is 6.42 Å². The van der Waals surface area contributed by atoms with E-state index in [1.54, 1.807) is 19.5 Å². The number of rotatable bonds is 3. The van der Waals surface area contributed by atoms with Crippen molar-refractivity contribution in [2.24, 2.45) is 0 Å². The third-order valence-electron chi connectivity index (χ3n) is 2.28. The van der Waals surface area contributed by atoms with Gasteiger partial charge in [0.25, 0.3) is 0 Å². The quantitative estimate of drug-likeness (QED) is 0.755. The second kappa shape index (κ2) is 4.60. The zero-order valence-electron chi connectivity index (χ0n) is 8.60. The van der Waals surface area contributed by atoms with E-state index in [1.807, 2.05) is 30.3 Å². The van der Waals surface area contributed by atoms with Crippen LogP contribution in [0.15, 0.2) is 42.7 Å². The van der Waals surface area contributed by atoms with Crippen molar-refractivity contribution in [1.82, 2.24) is 4.98 Å². The van der Waals surface area contributed by atoms with Crippen LogP contribution in [0.25, 0.3) is 0 Å². The molecule has 0 aliphatic heterocycles. The molecular weight excluding hydrogens is 186 g/mol. The molecule has 0 N–H and O–H groups in total. The summed E-state index contributed by atoms with van der Waals surface area (Å²) in [5.74, 6) is 0.884. The summed E-state index contributed by atoms with van der Waals surface area (Å²) in [7, 11) is 1.68. The second-order valence-corrected chi connectivity index (χ2v) is 3.27. The molecule has 1 aromatic carbocycles. The summed E-state index contributed by atoms with van der Waals surface area (Å²) >= 11 is 0. The molecule has 1 aromatic heterocycles. The Labute approximate surface area is 89.6 Å². The van der Waals surface area contributed by atoms with Crippen LogP contribution in [0.4, 0.5) is 0 Å². The zero-order chi connectivity index (χ0) is 10.5.